The Kier molecular flexibility index (Phi) is 10.3. The summed E-state index contributed by atoms with van der Waals surface area (Å²) in [7, 11) is 0. The Morgan fingerprint density at radius 3 is 2.03 bits per heavy atom. The van der Waals surface area contributed by atoms with Crippen LogP contribution in [0.2, 0.25) is 0 Å². The lowest BCUT2D eigenvalue weighted by Crippen LogP contribution is -2.51. The number of halogens is 6. The highest BCUT2D eigenvalue weighted by Crippen LogP contribution is 2.35. The van der Waals surface area contributed by atoms with E-state index in [1.54, 1.807) is 0 Å². The fourth-order valence-corrected chi connectivity index (χ4v) is 3.63. The van der Waals surface area contributed by atoms with E-state index in [2.05, 4.69) is 22.0 Å². The number of rotatable bonds is 5. The Bertz CT molecular complexity index is 795. The van der Waals surface area contributed by atoms with Crippen LogP contribution in [0.1, 0.15) is 31.2 Å². The fourth-order valence-electron chi connectivity index (χ4n) is 3.63. The predicted octanol–water partition coefficient (Wildman–Crippen LogP) is 3.51. The van der Waals surface area contributed by atoms with Crippen molar-refractivity contribution in [3.8, 4) is 0 Å². The van der Waals surface area contributed by atoms with Gasteiger partial charge >= 0.3 is 24.3 Å². The molecule has 198 valence electrons. The normalized spacial score (nSPS) is 24.3. The largest absolute Gasteiger partial charge is 0.490 e. The number of ether oxygens (including phenoxy) is 2. The van der Waals surface area contributed by atoms with E-state index in [4.69, 9.17) is 29.3 Å². The summed E-state index contributed by atoms with van der Waals surface area (Å²) in [6.45, 7) is 3.80. The molecule has 0 spiro atoms. The number of fused-ring (bicyclic) bond motifs is 1. The molecular formula is C21H26F6N2O6. The maximum atomic E-state index is 10.6. The second kappa shape index (κ2) is 12.5. The molecule has 3 fully saturated rings. The van der Waals surface area contributed by atoms with Gasteiger partial charge in [0.1, 0.15) is 0 Å². The third-order valence-electron chi connectivity index (χ3n) is 5.51. The summed E-state index contributed by atoms with van der Waals surface area (Å²) in [5.74, 6) is -4.68. The Balaban J connectivity index is 0.000000257. The second-order valence-electron chi connectivity index (χ2n) is 8.23. The maximum absolute atomic E-state index is 10.6. The maximum Gasteiger partial charge on any atom is 0.490 e. The van der Waals surface area contributed by atoms with Crippen molar-refractivity contribution in [2.45, 2.75) is 62.8 Å². The van der Waals surface area contributed by atoms with E-state index in [1.165, 1.54) is 24.8 Å². The summed E-state index contributed by atoms with van der Waals surface area (Å²) >= 11 is 0. The molecule has 8 nitrogen and oxygen atoms in total. The molecule has 1 saturated heterocycles. The van der Waals surface area contributed by atoms with Gasteiger partial charge in [-0.05, 0) is 49.3 Å². The molecule has 4 rings (SSSR count). The molecule has 0 unspecified atom stereocenters. The number of hydrogen-bond donors (Lipinski definition) is 2. The van der Waals surface area contributed by atoms with E-state index >= 15 is 0 Å². The highest BCUT2D eigenvalue weighted by atomic mass is 19.4. The number of aliphatic carboxylic acids is 2. The molecule has 3 atom stereocenters. The van der Waals surface area contributed by atoms with Gasteiger partial charge in [0.15, 0.2) is 0 Å². The summed E-state index contributed by atoms with van der Waals surface area (Å²) < 4.78 is 75.7. The molecule has 14 heteroatoms. The Labute approximate surface area is 196 Å². The van der Waals surface area contributed by atoms with Crippen molar-refractivity contribution in [1.82, 2.24) is 9.88 Å². The monoisotopic (exact) mass is 516 g/mol. The molecule has 1 aromatic heterocycles. The van der Waals surface area contributed by atoms with E-state index in [-0.39, 0.29) is 6.10 Å². The van der Waals surface area contributed by atoms with Gasteiger partial charge in [-0.1, -0.05) is 0 Å². The third-order valence-corrected chi connectivity index (χ3v) is 5.51. The molecule has 0 radical (unpaired) electrons. The quantitative estimate of drug-likeness (QED) is 0.573. The zero-order chi connectivity index (χ0) is 26.2. The molecule has 35 heavy (non-hydrogen) atoms. The van der Waals surface area contributed by atoms with Crippen LogP contribution in [0, 0.1) is 5.92 Å². The summed E-state index contributed by atoms with van der Waals surface area (Å²) in [6.07, 6.45) is -0.756. The first-order valence-corrected chi connectivity index (χ1v) is 10.8. The number of pyridine rings is 1. The lowest BCUT2D eigenvalue weighted by molar-refractivity contribution is -0.193. The highest BCUT2D eigenvalue weighted by Gasteiger charge is 2.44. The van der Waals surface area contributed by atoms with Gasteiger partial charge in [0, 0.05) is 38.1 Å². The van der Waals surface area contributed by atoms with E-state index in [9.17, 15) is 26.3 Å². The van der Waals surface area contributed by atoms with Crippen molar-refractivity contribution in [3.63, 3.8) is 0 Å². The van der Waals surface area contributed by atoms with Crippen LogP contribution in [-0.2, 0) is 25.6 Å². The number of nitrogens with zero attached hydrogens (tertiary/aromatic N) is 2. The molecule has 2 heterocycles. The molecule has 0 bridgehead atoms. The average molecular weight is 516 g/mol. The Hall–Kier alpha value is -2.45. The van der Waals surface area contributed by atoms with E-state index in [0.29, 0.717) is 12.1 Å². The lowest BCUT2D eigenvalue weighted by Gasteiger charge is -2.39. The molecule has 3 aliphatic rings. The fraction of sp³-hybridized carbons (Fsp3) is 0.667. The van der Waals surface area contributed by atoms with Crippen LogP contribution in [0.15, 0.2) is 24.5 Å². The predicted molar refractivity (Wildman–Crippen MR) is 107 cm³/mol. The first-order chi connectivity index (χ1) is 16.3. The van der Waals surface area contributed by atoms with Crippen LogP contribution in [0.25, 0.3) is 0 Å². The van der Waals surface area contributed by atoms with Crippen molar-refractivity contribution in [2.24, 2.45) is 5.92 Å². The van der Waals surface area contributed by atoms with Crippen LogP contribution in [-0.4, -0.2) is 82.4 Å². The summed E-state index contributed by atoms with van der Waals surface area (Å²) in [4.78, 5) is 24.5. The van der Waals surface area contributed by atoms with E-state index < -0.39 is 24.3 Å². The zero-order valence-electron chi connectivity index (χ0n) is 18.5. The Morgan fingerprint density at radius 2 is 1.54 bits per heavy atom. The summed E-state index contributed by atoms with van der Waals surface area (Å²) in [5.41, 5.74) is 1.34. The van der Waals surface area contributed by atoms with Crippen molar-refractivity contribution < 1.29 is 55.6 Å². The minimum absolute atomic E-state index is 0.277. The number of carboxylic acids is 2. The second-order valence-corrected chi connectivity index (χ2v) is 8.23. The lowest BCUT2D eigenvalue weighted by atomic mass is 10.1. The van der Waals surface area contributed by atoms with E-state index in [0.717, 1.165) is 38.6 Å². The van der Waals surface area contributed by atoms with Gasteiger partial charge in [0.25, 0.3) is 0 Å². The van der Waals surface area contributed by atoms with Crippen LogP contribution in [0.5, 0.6) is 0 Å². The SMILES string of the molecule is O=C(O)C(F)(F)F.O=C(O)C(F)(F)F.c1cc(CN2CCO[C@H]3[C@H](OCC4CC4)CC[C@@H]32)ccn1. The molecule has 0 amide bonds. The van der Waals surface area contributed by atoms with Gasteiger partial charge in [-0.25, -0.2) is 9.59 Å². The van der Waals surface area contributed by atoms with Crippen LogP contribution >= 0.6 is 0 Å². The Morgan fingerprint density at radius 1 is 1.00 bits per heavy atom. The van der Waals surface area contributed by atoms with Gasteiger partial charge in [-0.15, -0.1) is 0 Å². The minimum atomic E-state index is -5.08. The van der Waals surface area contributed by atoms with Gasteiger partial charge in [0.05, 0.1) is 18.8 Å². The molecule has 1 aromatic rings. The zero-order valence-corrected chi connectivity index (χ0v) is 18.5. The molecule has 1 aliphatic heterocycles. The standard InChI is InChI=1S/C17H24N2O2.2C2HF3O2/c1-2-14(1)12-21-16-4-3-15-17(16)20-10-9-19(15)11-13-5-7-18-8-6-13;2*3-2(4,5)1(6)7/h5-8,14-17H,1-4,9-12H2;2*(H,6,7)/t15-,16+,17+;;/m0../s1. The number of aromatic nitrogens is 1. The smallest absolute Gasteiger partial charge is 0.475 e. The van der Waals surface area contributed by atoms with Crippen LogP contribution in [0.4, 0.5) is 26.3 Å². The molecule has 2 saturated carbocycles. The molecule has 0 aromatic carbocycles. The number of carboxylic acid groups (broad SMARTS) is 2. The number of carbonyl (C=O) groups is 2. The van der Waals surface area contributed by atoms with Gasteiger partial charge in [-0.3, -0.25) is 9.88 Å². The summed E-state index contributed by atoms with van der Waals surface area (Å²) in [5, 5.41) is 14.2. The van der Waals surface area contributed by atoms with Gasteiger partial charge < -0.3 is 19.7 Å². The minimum Gasteiger partial charge on any atom is -0.475 e. The number of morpholine rings is 1. The van der Waals surface area contributed by atoms with Crippen molar-refractivity contribution in [3.05, 3.63) is 30.1 Å². The number of hydrogen-bond acceptors (Lipinski definition) is 6. The average Bonchev–Trinajstić information content (AvgIpc) is 3.51. The first-order valence-electron chi connectivity index (χ1n) is 10.8. The topological polar surface area (TPSA) is 109 Å². The van der Waals surface area contributed by atoms with Crippen molar-refractivity contribution >= 4 is 11.9 Å². The summed E-state index contributed by atoms with van der Waals surface area (Å²) in [6, 6.07) is 4.75. The van der Waals surface area contributed by atoms with Crippen molar-refractivity contribution in [1.29, 1.82) is 0 Å². The third kappa shape index (κ3) is 9.98. The van der Waals surface area contributed by atoms with Crippen molar-refractivity contribution in [2.75, 3.05) is 19.8 Å². The van der Waals surface area contributed by atoms with Crippen LogP contribution < -0.4 is 0 Å². The highest BCUT2D eigenvalue weighted by molar-refractivity contribution is 5.73. The van der Waals surface area contributed by atoms with E-state index in [1.807, 2.05) is 12.4 Å². The molecular weight excluding hydrogens is 490 g/mol. The molecule has 2 N–H and O–H groups in total. The first kappa shape index (κ1) is 28.8. The number of alkyl halides is 6. The van der Waals surface area contributed by atoms with Crippen LogP contribution in [0.3, 0.4) is 0 Å². The van der Waals surface area contributed by atoms with Gasteiger partial charge in [-0.2, -0.15) is 26.3 Å². The van der Waals surface area contributed by atoms with Gasteiger partial charge in [0.2, 0.25) is 0 Å². The molecule has 2 aliphatic carbocycles.